The van der Waals surface area contributed by atoms with Gasteiger partial charge in [0.25, 0.3) is 10.0 Å². The van der Waals surface area contributed by atoms with Crippen LogP contribution >= 0.6 is 0 Å². The molecule has 2 heterocycles. The van der Waals surface area contributed by atoms with Crippen molar-refractivity contribution in [1.82, 2.24) is 9.88 Å². The molecule has 5 rings (SSSR count). The molecule has 0 radical (unpaired) electrons. The topological polar surface area (TPSA) is 99.2 Å². The quantitative estimate of drug-likeness (QED) is 0.156. The number of methoxy groups -OCH3 is 1. The Balaban J connectivity index is 1.31. The minimum Gasteiger partial charge on any atom is -0.491 e. The normalized spacial score (nSPS) is 14.4. The summed E-state index contributed by atoms with van der Waals surface area (Å²) in [5, 5.41) is 0.498. The van der Waals surface area contributed by atoms with Crippen molar-refractivity contribution in [3.05, 3.63) is 78.2 Å². The van der Waals surface area contributed by atoms with E-state index < -0.39 is 32.5 Å². The van der Waals surface area contributed by atoms with Crippen LogP contribution in [0.4, 0.5) is 23.2 Å². The van der Waals surface area contributed by atoms with E-state index in [-0.39, 0.29) is 17.2 Å². The Kier molecular flexibility index (Phi) is 9.42. The number of morpholine rings is 1. The summed E-state index contributed by atoms with van der Waals surface area (Å²) in [5.41, 5.74) is -1.21. The van der Waals surface area contributed by atoms with Crippen LogP contribution in [-0.4, -0.2) is 64.9 Å². The second-order valence-electron chi connectivity index (χ2n) is 9.80. The average Bonchev–Trinajstić information content (AvgIpc) is 3.00. The zero-order chi connectivity index (χ0) is 31.3. The summed E-state index contributed by atoms with van der Waals surface area (Å²) in [6.07, 6.45) is -2.64. The maximum absolute atomic E-state index is 15.1. The molecule has 1 saturated heterocycles. The third kappa shape index (κ3) is 7.14. The molecular weight excluding hydrogens is 606 g/mol. The first-order valence-electron chi connectivity index (χ1n) is 13.6. The van der Waals surface area contributed by atoms with Crippen molar-refractivity contribution in [3.8, 4) is 23.0 Å². The lowest BCUT2D eigenvalue weighted by Crippen LogP contribution is -2.37. The fourth-order valence-corrected chi connectivity index (χ4v) is 6.03. The number of fused-ring (bicyclic) bond motifs is 1. The third-order valence-electron chi connectivity index (χ3n) is 6.86. The molecule has 0 bridgehead atoms. The number of hydrogen-bond acceptors (Lipinski definition) is 8. The number of nitrogens with one attached hydrogen (secondary N) is 1. The molecule has 1 aliphatic rings. The molecule has 0 amide bonds. The van der Waals surface area contributed by atoms with Crippen LogP contribution in [0.1, 0.15) is 12.0 Å². The molecule has 9 nitrogen and oxygen atoms in total. The van der Waals surface area contributed by atoms with Gasteiger partial charge in [0.1, 0.15) is 11.3 Å². The largest absolute Gasteiger partial charge is 0.491 e. The molecule has 1 fully saturated rings. The van der Waals surface area contributed by atoms with E-state index in [9.17, 15) is 21.6 Å². The van der Waals surface area contributed by atoms with Crippen molar-refractivity contribution in [1.29, 1.82) is 0 Å². The van der Waals surface area contributed by atoms with Gasteiger partial charge in [-0.1, -0.05) is 12.1 Å². The number of rotatable bonds is 11. The number of alkyl halides is 3. The minimum absolute atomic E-state index is 0.235. The number of ether oxygens (including phenoxy) is 4. The maximum Gasteiger partial charge on any atom is 0.417 e. The number of sulfonamides is 1. The van der Waals surface area contributed by atoms with E-state index in [2.05, 4.69) is 9.88 Å². The second-order valence-corrected chi connectivity index (χ2v) is 11.5. The molecule has 234 valence electrons. The van der Waals surface area contributed by atoms with E-state index in [0.29, 0.717) is 35.1 Å². The highest BCUT2D eigenvalue weighted by Crippen LogP contribution is 2.40. The van der Waals surface area contributed by atoms with Gasteiger partial charge >= 0.3 is 6.18 Å². The van der Waals surface area contributed by atoms with Crippen LogP contribution in [0.3, 0.4) is 0 Å². The summed E-state index contributed by atoms with van der Waals surface area (Å²) in [4.78, 5) is 5.72. The van der Waals surface area contributed by atoms with Gasteiger partial charge in [0.2, 0.25) is 0 Å². The molecule has 0 spiro atoms. The molecule has 1 N–H and O–H groups in total. The molecule has 0 saturated carbocycles. The molecular formula is C30H29F4N3O6S. The number of benzene rings is 3. The van der Waals surface area contributed by atoms with Gasteiger partial charge in [-0.2, -0.15) is 13.2 Å². The van der Waals surface area contributed by atoms with Crippen LogP contribution < -0.4 is 18.9 Å². The lowest BCUT2D eigenvalue weighted by Gasteiger charge is -2.26. The standard InChI is InChI=1S/C30H29F4N3O6S/c1-40-29-26(42-16-4-13-37-14-17-41-18-15-37)10-8-21-24(11-12-35-28(21)29)43-25-9-7-20(19-23(25)31)36-44(38,39)27-6-3-2-5-22(27)30(32,33)34/h2-3,5-12,19,36H,4,13-18H2,1H3. The summed E-state index contributed by atoms with van der Waals surface area (Å²) in [7, 11) is -3.21. The number of pyridine rings is 1. The Hall–Kier alpha value is -4.14. The highest BCUT2D eigenvalue weighted by atomic mass is 32.2. The first kappa shape index (κ1) is 31.3. The van der Waals surface area contributed by atoms with Crippen LogP contribution in [0.15, 0.2) is 71.8 Å². The Morgan fingerprint density at radius 3 is 2.48 bits per heavy atom. The minimum atomic E-state index is -4.90. The lowest BCUT2D eigenvalue weighted by atomic mass is 10.1. The van der Waals surface area contributed by atoms with Crippen molar-refractivity contribution >= 4 is 26.6 Å². The van der Waals surface area contributed by atoms with Crippen molar-refractivity contribution in [2.75, 3.05) is 51.3 Å². The van der Waals surface area contributed by atoms with Gasteiger partial charge in [-0.25, -0.2) is 12.8 Å². The summed E-state index contributed by atoms with van der Waals surface area (Å²) in [5.74, 6) is -0.103. The fraction of sp³-hybridized carbons (Fsp3) is 0.300. The SMILES string of the molecule is COc1c(OCCCN2CCOCC2)ccc2c(Oc3ccc(NS(=O)(=O)c4ccccc4C(F)(F)F)cc3F)ccnc12. The molecule has 1 aromatic heterocycles. The summed E-state index contributed by atoms with van der Waals surface area (Å²) in [6.45, 7) is 4.56. The molecule has 0 unspecified atom stereocenters. The molecule has 4 aromatic rings. The Bertz CT molecular complexity index is 1730. The molecule has 0 atom stereocenters. The number of nitrogens with zero attached hydrogens (tertiary/aromatic N) is 2. The maximum atomic E-state index is 15.1. The van der Waals surface area contributed by atoms with Gasteiger partial charge in [0.05, 0.1) is 43.1 Å². The van der Waals surface area contributed by atoms with Crippen LogP contribution in [-0.2, 0) is 20.9 Å². The number of halogens is 4. The van der Waals surface area contributed by atoms with Crippen LogP contribution in [0.25, 0.3) is 10.9 Å². The zero-order valence-corrected chi connectivity index (χ0v) is 24.4. The van der Waals surface area contributed by atoms with E-state index in [1.807, 2.05) is 4.72 Å². The van der Waals surface area contributed by atoms with Crippen LogP contribution in [0.5, 0.6) is 23.0 Å². The molecule has 0 aliphatic carbocycles. The van der Waals surface area contributed by atoms with Gasteiger partial charge < -0.3 is 18.9 Å². The fourth-order valence-electron chi connectivity index (χ4n) is 4.75. The highest BCUT2D eigenvalue weighted by molar-refractivity contribution is 7.92. The smallest absolute Gasteiger partial charge is 0.417 e. The zero-order valence-electron chi connectivity index (χ0n) is 23.6. The number of aromatic nitrogens is 1. The predicted octanol–water partition coefficient (Wildman–Crippen LogP) is 6.10. The average molecular weight is 636 g/mol. The first-order chi connectivity index (χ1) is 21.1. The Labute approximate surface area is 251 Å². The van der Waals surface area contributed by atoms with E-state index in [1.165, 1.54) is 25.4 Å². The van der Waals surface area contributed by atoms with Gasteiger partial charge in [-0.3, -0.25) is 14.6 Å². The van der Waals surface area contributed by atoms with E-state index in [1.54, 1.807) is 12.1 Å². The predicted molar refractivity (Wildman–Crippen MR) is 154 cm³/mol. The van der Waals surface area contributed by atoms with Crippen molar-refractivity contribution in [3.63, 3.8) is 0 Å². The van der Waals surface area contributed by atoms with E-state index in [4.69, 9.17) is 18.9 Å². The van der Waals surface area contributed by atoms with Crippen LogP contribution in [0, 0.1) is 5.82 Å². The summed E-state index contributed by atoms with van der Waals surface area (Å²) < 4.78 is 105. The van der Waals surface area contributed by atoms with Crippen molar-refractivity contribution in [2.24, 2.45) is 0 Å². The molecule has 14 heteroatoms. The summed E-state index contributed by atoms with van der Waals surface area (Å²) in [6, 6.07) is 11.8. The van der Waals surface area contributed by atoms with Crippen molar-refractivity contribution < 1.29 is 44.9 Å². The van der Waals surface area contributed by atoms with E-state index in [0.717, 1.165) is 69.6 Å². The van der Waals surface area contributed by atoms with Crippen molar-refractivity contribution in [2.45, 2.75) is 17.5 Å². The Morgan fingerprint density at radius 2 is 1.75 bits per heavy atom. The van der Waals surface area contributed by atoms with Gasteiger partial charge in [-0.05, 0) is 48.9 Å². The third-order valence-corrected chi connectivity index (χ3v) is 8.30. The van der Waals surface area contributed by atoms with Gasteiger partial charge in [0.15, 0.2) is 23.1 Å². The monoisotopic (exact) mass is 635 g/mol. The van der Waals surface area contributed by atoms with Gasteiger partial charge in [-0.15, -0.1) is 0 Å². The molecule has 1 aliphatic heterocycles. The number of anilines is 1. The second kappa shape index (κ2) is 13.2. The van der Waals surface area contributed by atoms with Crippen LogP contribution in [0.2, 0.25) is 0 Å². The number of hydrogen-bond donors (Lipinski definition) is 1. The Morgan fingerprint density at radius 1 is 1.00 bits per heavy atom. The molecule has 3 aromatic carbocycles. The highest BCUT2D eigenvalue weighted by Gasteiger charge is 2.37. The van der Waals surface area contributed by atoms with Gasteiger partial charge in [0, 0.05) is 37.3 Å². The molecule has 44 heavy (non-hydrogen) atoms. The summed E-state index contributed by atoms with van der Waals surface area (Å²) >= 11 is 0. The first-order valence-corrected chi connectivity index (χ1v) is 15.1. The lowest BCUT2D eigenvalue weighted by molar-refractivity contribution is -0.139. The van der Waals surface area contributed by atoms with E-state index >= 15 is 4.39 Å².